The zero-order valence-electron chi connectivity index (χ0n) is 12.8. The lowest BCUT2D eigenvalue weighted by molar-refractivity contribution is 0.178. The molecule has 5 heteroatoms. The van der Waals surface area contributed by atoms with Crippen molar-refractivity contribution in [2.45, 2.75) is 39.8 Å². The zero-order chi connectivity index (χ0) is 14.3. The van der Waals surface area contributed by atoms with Crippen LogP contribution in [0.5, 0.6) is 0 Å². The van der Waals surface area contributed by atoms with Gasteiger partial charge in [0, 0.05) is 45.2 Å². The summed E-state index contributed by atoms with van der Waals surface area (Å²) in [5, 5.41) is 8.03. The van der Waals surface area contributed by atoms with E-state index in [1.165, 1.54) is 11.3 Å². The summed E-state index contributed by atoms with van der Waals surface area (Å²) in [4.78, 5) is 0. The fourth-order valence-corrected chi connectivity index (χ4v) is 2.18. The third-order valence-corrected chi connectivity index (χ3v) is 3.42. The maximum atomic E-state index is 5.14. The molecule has 0 spiro atoms. The Balaban J connectivity index is 2.65. The third kappa shape index (κ3) is 4.60. The Morgan fingerprint density at radius 2 is 1.89 bits per heavy atom. The SMILES string of the molecule is COCCNCc1c(C)nn(C(C)CCOC)c1C. The van der Waals surface area contributed by atoms with Crippen molar-refractivity contribution in [1.29, 1.82) is 0 Å². The molecule has 1 aromatic heterocycles. The molecule has 1 heterocycles. The maximum Gasteiger partial charge on any atom is 0.0641 e. The van der Waals surface area contributed by atoms with Crippen molar-refractivity contribution in [3.05, 3.63) is 17.0 Å². The fourth-order valence-electron chi connectivity index (χ4n) is 2.18. The lowest BCUT2D eigenvalue weighted by Gasteiger charge is -2.14. The van der Waals surface area contributed by atoms with Gasteiger partial charge in [-0.05, 0) is 27.2 Å². The first-order valence-electron chi connectivity index (χ1n) is 6.85. The molecule has 0 fully saturated rings. The fraction of sp³-hybridized carbons (Fsp3) is 0.786. The van der Waals surface area contributed by atoms with Crippen molar-refractivity contribution in [1.82, 2.24) is 15.1 Å². The normalized spacial score (nSPS) is 12.9. The van der Waals surface area contributed by atoms with Crippen LogP contribution in [-0.2, 0) is 16.0 Å². The lowest BCUT2D eigenvalue weighted by atomic mass is 10.2. The number of methoxy groups -OCH3 is 2. The summed E-state index contributed by atoms with van der Waals surface area (Å²) in [5.74, 6) is 0. The molecule has 0 aromatic carbocycles. The molecule has 0 aliphatic heterocycles. The van der Waals surface area contributed by atoms with E-state index in [0.717, 1.165) is 38.4 Å². The second-order valence-corrected chi connectivity index (χ2v) is 4.89. The van der Waals surface area contributed by atoms with E-state index in [0.29, 0.717) is 6.04 Å². The first-order valence-corrected chi connectivity index (χ1v) is 6.85. The standard InChI is InChI=1S/C14H27N3O2/c1-11(6-8-18-4)17-13(3)14(12(2)16-17)10-15-7-9-19-5/h11,15H,6-10H2,1-5H3. The Bertz CT molecular complexity index is 377. The van der Waals surface area contributed by atoms with Crippen molar-refractivity contribution in [3.8, 4) is 0 Å². The number of aryl methyl sites for hydroxylation is 1. The lowest BCUT2D eigenvalue weighted by Crippen LogP contribution is -2.19. The topological polar surface area (TPSA) is 48.3 Å². The highest BCUT2D eigenvalue weighted by Crippen LogP contribution is 2.19. The van der Waals surface area contributed by atoms with Crippen LogP contribution in [0, 0.1) is 13.8 Å². The second kappa shape index (κ2) is 8.30. The van der Waals surface area contributed by atoms with Crippen LogP contribution in [0.1, 0.15) is 36.3 Å². The van der Waals surface area contributed by atoms with Gasteiger partial charge < -0.3 is 14.8 Å². The van der Waals surface area contributed by atoms with Gasteiger partial charge in [-0.3, -0.25) is 4.68 Å². The molecule has 1 atom stereocenters. The van der Waals surface area contributed by atoms with E-state index >= 15 is 0 Å². The summed E-state index contributed by atoms with van der Waals surface area (Å²) in [6.45, 7) is 9.59. The van der Waals surface area contributed by atoms with Gasteiger partial charge in [0.2, 0.25) is 0 Å². The van der Waals surface area contributed by atoms with Crippen molar-refractivity contribution in [3.63, 3.8) is 0 Å². The molecule has 0 saturated carbocycles. The van der Waals surface area contributed by atoms with Crippen LogP contribution in [-0.4, -0.2) is 43.8 Å². The van der Waals surface area contributed by atoms with Gasteiger partial charge in [0.15, 0.2) is 0 Å². The van der Waals surface area contributed by atoms with E-state index in [2.05, 4.69) is 35.9 Å². The van der Waals surface area contributed by atoms with E-state index in [-0.39, 0.29) is 0 Å². The van der Waals surface area contributed by atoms with E-state index in [4.69, 9.17) is 9.47 Å². The Hall–Kier alpha value is -0.910. The summed E-state index contributed by atoms with van der Waals surface area (Å²) >= 11 is 0. The highest BCUT2D eigenvalue weighted by molar-refractivity contribution is 5.24. The molecule has 0 bridgehead atoms. The minimum Gasteiger partial charge on any atom is -0.385 e. The van der Waals surface area contributed by atoms with E-state index in [1.54, 1.807) is 14.2 Å². The van der Waals surface area contributed by atoms with Crippen LogP contribution in [0.15, 0.2) is 0 Å². The number of nitrogens with zero attached hydrogens (tertiary/aromatic N) is 2. The average molecular weight is 269 g/mol. The minimum atomic E-state index is 0.367. The number of rotatable bonds is 9. The Kier molecular flexibility index (Phi) is 7.05. The monoisotopic (exact) mass is 269 g/mol. The van der Waals surface area contributed by atoms with Gasteiger partial charge >= 0.3 is 0 Å². The molecule has 0 amide bonds. The largest absolute Gasteiger partial charge is 0.385 e. The van der Waals surface area contributed by atoms with E-state index in [9.17, 15) is 0 Å². The van der Waals surface area contributed by atoms with E-state index in [1.807, 2.05) is 0 Å². The molecule has 0 saturated heterocycles. The molecule has 0 aliphatic rings. The zero-order valence-corrected chi connectivity index (χ0v) is 12.8. The number of hydrogen-bond acceptors (Lipinski definition) is 4. The molecule has 1 rings (SSSR count). The van der Waals surface area contributed by atoms with Gasteiger partial charge in [0.1, 0.15) is 0 Å². The molecular weight excluding hydrogens is 242 g/mol. The molecule has 19 heavy (non-hydrogen) atoms. The number of ether oxygens (including phenoxy) is 2. The molecule has 1 unspecified atom stereocenters. The Morgan fingerprint density at radius 3 is 2.53 bits per heavy atom. The molecular formula is C14H27N3O2. The van der Waals surface area contributed by atoms with Gasteiger partial charge in [-0.15, -0.1) is 0 Å². The summed E-state index contributed by atoms with van der Waals surface area (Å²) in [5.41, 5.74) is 3.64. The minimum absolute atomic E-state index is 0.367. The number of hydrogen-bond donors (Lipinski definition) is 1. The highest BCUT2D eigenvalue weighted by Gasteiger charge is 2.15. The third-order valence-electron chi connectivity index (χ3n) is 3.42. The summed E-state index contributed by atoms with van der Waals surface area (Å²) in [6, 6.07) is 0.367. The number of nitrogens with one attached hydrogen (secondary N) is 1. The molecule has 110 valence electrons. The van der Waals surface area contributed by atoms with Crippen LogP contribution in [0.3, 0.4) is 0 Å². The van der Waals surface area contributed by atoms with Gasteiger partial charge in [0.05, 0.1) is 18.3 Å². The molecule has 0 radical (unpaired) electrons. The maximum absolute atomic E-state index is 5.14. The Morgan fingerprint density at radius 1 is 1.21 bits per heavy atom. The molecule has 1 aromatic rings. The smallest absolute Gasteiger partial charge is 0.0641 e. The second-order valence-electron chi connectivity index (χ2n) is 4.89. The summed E-state index contributed by atoms with van der Waals surface area (Å²) in [6.07, 6.45) is 0.981. The van der Waals surface area contributed by atoms with Crippen LogP contribution in [0.25, 0.3) is 0 Å². The van der Waals surface area contributed by atoms with Crippen molar-refractivity contribution in [2.24, 2.45) is 0 Å². The average Bonchev–Trinajstić information content (AvgIpc) is 2.68. The number of aromatic nitrogens is 2. The van der Waals surface area contributed by atoms with Crippen LogP contribution in [0.2, 0.25) is 0 Å². The van der Waals surface area contributed by atoms with Crippen LogP contribution < -0.4 is 5.32 Å². The van der Waals surface area contributed by atoms with Gasteiger partial charge in [-0.25, -0.2) is 0 Å². The van der Waals surface area contributed by atoms with Gasteiger partial charge in [-0.1, -0.05) is 0 Å². The predicted molar refractivity (Wildman–Crippen MR) is 76.5 cm³/mol. The van der Waals surface area contributed by atoms with Crippen LogP contribution in [0.4, 0.5) is 0 Å². The first-order chi connectivity index (χ1) is 9.11. The molecule has 0 aliphatic carbocycles. The molecule has 5 nitrogen and oxygen atoms in total. The van der Waals surface area contributed by atoms with Crippen molar-refractivity contribution in [2.75, 3.05) is 34.0 Å². The Labute approximate surface area is 116 Å². The van der Waals surface area contributed by atoms with E-state index < -0.39 is 0 Å². The van der Waals surface area contributed by atoms with Gasteiger partial charge in [0.25, 0.3) is 0 Å². The summed E-state index contributed by atoms with van der Waals surface area (Å²) in [7, 11) is 3.45. The first kappa shape index (κ1) is 16.1. The van der Waals surface area contributed by atoms with Crippen molar-refractivity contribution < 1.29 is 9.47 Å². The quantitative estimate of drug-likeness (QED) is 0.695. The highest BCUT2D eigenvalue weighted by atomic mass is 16.5. The predicted octanol–water partition coefficient (Wildman–Crippen LogP) is 1.83. The molecule has 1 N–H and O–H groups in total. The van der Waals surface area contributed by atoms with Crippen molar-refractivity contribution >= 4 is 0 Å². The van der Waals surface area contributed by atoms with Gasteiger partial charge in [-0.2, -0.15) is 5.10 Å². The summed E-state index contributed by atoms with van der Waals surface area (Å²) < 4.78 is 12.3. The van der Waals surface area contributed by atoms with Crippen LogP contribution >= 0.6 is 0 Å².